The Hall–Kier alpha value is -4.65. The molecule has 250 valence electrons. The summed E-state index contributed by atoms with van der Waals surface area (Å²) in [6, 6.07) is 12.6. The fourth-order valence-corrected chi connectivity index (χ4v) is 4.77. The Morgan fingerprint density at radius 3 is 1.91 bits per heavy atom. The molecule has 1 fully saturated rings. The van der Waals surface area contributed by atoms with Gasteiger partial charge in [-0.15, -0.1) is 0 Å². The number of esters is 5. The van der Waals surface area contributed by atoms with Gasteiger partial charge >= 0.3 is 29.8 Å². The van der Waals surface area contributed by atoms with Crippen molar-refractivity contribution in [2.75, 3.05) is 13.2 Å². The van der Waals surface area contributed by atoms with Crippen LogP contribution in [0.2, 0.25) is 0 Å². The van der Waals surface area contributed by atoms with Crippen LogP contribution in [0.25, 0.3) is 0 Å². The number of carbonyl (C=O) groups is 5. The molecule has 1 heterocycles. The Labute approximate surface area is 267 Å². The van der Waals surface area contributed by atoms with Crippen molar-refractivity contribution in [3.8, 4) is 11.5 Å². The monoisotopic (exact) mass is 644 g/mol. The second-order valence-electron chi connectivity index (χ2n) is 10.5. The number of ether oxygens (including phenoxy) is 8. The standard InChI is InChI=1S/C33H40O13/c1-7-15-39-26-13-11-24(12-14-26)16-27-25(17-40-19(2)34)9-8-10-28(27)45-33-32(44-23(6)38)31(43-22(5)37)30(42-21(4)36)29(46-33)18-41-20(3)35/h8-14,29-33H,7,15-18H2,1-6H3/t29-,30-,31+,32-,33?/m1/s1. The van der Waals surface area contributed by atoms with Gasteiger partial charge in [0.1, 0.15) is 30.8 Å². The molecule has 46 heavy (non-hydrogen) atoms. The zero-order chi connectivity index (χ0) is 33.8. The van der Waals surface area contributed by atoms with Crippen molar-refractivity contribution >= 4 is 29.8 Å². The minimum Gasteiger partial charge on any atom is -0.494 e. The SMILES string of the molecule is CCCOc1ccc(Cc2c(COC(C)=O)cccc2OC2O[C@H](COC(C)=O)[C@@H](OC(C)=O)[C@H](OC(C)=O)[C@H]2OC(C)=O)cc1. The van der Waals surface area contributed by atoms with Crippen molar-refractivity contribution < 1.29 is 61.9 Å². The molecule has 0 aromatic heterocycles. The first-order chi connectivity index (χ1) is 21.9. The van der Waals surface area contributed by atoms with Crippen LogP contribution < -0.4 is 9.47 Å². The van der Waals surface area contributed by atoms with Gasteiger partial charge in [0, 0.05) is 46.6 Å². The van der Waals surface area contributed by atoms with E-state index in [1.807, 2.05) is 31.2 Å². The highest BCUT2D eigenvalue weighted by atomic mass is 16.7. The first-order valence-electron chi connectivity index (χ1n) is 14.8. The van der Waals surface area contributed by atoms with Crippen molar-refractivity contribution in [1.82, 2.24) is 0 Å². The van der Waals surface area contributed by atoms with Crippen LogP contribution >= 0.6 is 0 Å². The van der Waals surface area contributed by atoms with Crippen LogP contribution in [0.1, 0.15) is 64.7 Å². The molecule has 1 aliphatic heterocycles. The van der Waals surface area contributed by atoms with Gasteiger partial charge in [-0.05, 0) is 35.7 Å². The fraction of sp³-hybridized carbons (Fsp3) is 0.485. The highest BCUT2D eigenvalue weighted by Gasteiger charge is 2.53. The summed E-state index contributed by atoms with van der Waals surface area (Å²) >= 11 is 0. The van der Waals surface area contributed by atoms with E-state index in [0.29, 0.717) is 29.9 Å². The van der Waals surface area contributed by atoms with Crippen LogP contribution in [0.3, 0.4) is 0 Å². The van der Waals surface area contributed by atoms with Crippen LogP contribution in [0.15, 0.2) is 42.5 Å². The van der Waals surface area contributed by atoms with Crippen LogP contribution in [0.4, 0.5) is 0 Å². The lowest BCUT2D eigenvalue weighted by Crippen LogP contribution is -2.63. The van der Waals surface area contributed by atoms with Crippen LogP contribution in [0.5, 0.6) is 11.5 Å². The summed E-state index contributed by atoms with van der Waals surface area (Å²) in [4.78, 5) is 59.9. The normalized spacial score (nSPS) is 20.5. The molecule has 3 rings (SSSR count). The molecule has 1 aliphatic rings. The molecule has 5 atom stereocenters. The van der Waals surface area contributed by atoms with E-state index in [1.165, 1.54) is 13.8 Å². The lowest BCUT2D eigenvalue weighted by molar-refractivity contribution is -0.288. The van der Waals surface area contributed by atoms with E-state index in [4.69, 9.17) is 37.9 Å². The third-order valence-corrected chi connectivity index (χ3v) is 6.63. The van der Waals surface area contributed by atoms with Gasteiger partial charge in [0.25, 0.3) is 0 Å². The highest BCUT2D eigenvalue weighted by molar-refractivity contribution is 5.69. The smallest absolute Gasteiger partial charge is 0.303 e. The quantitative estimate of drug-likeness (QED) is 0.217. The summed E-state index contributed by atoms with van der Waals surface area (Å²) in [6.45, 7) is 8.05. The van der Waals surface area contributed by atoms with Crippen LogP contribution in [-0.4, -0.2) is 73.8 Å². The summed E-state index contributed by atoms with van der Waals surface area (Å²) in [5, 5.41) is 0. The minimum absolute atomic E-state index is 0.0574. The number of benzene rings is 2. The Balaban J connectivity index is 2.07. The molecule has 2 aromatic rings. The van der Waals surface area contributed by atoms with Crippen molar-refractivity contribution in [2.24, 2.45) is 0 Å². The Bertz CT molecular complexity index is 1370. The summed E-state index contributed by atoms with van der Waals surface area (Å²) in [5.41, 5.74) is 2.13. The van der Waals surface area contributed by atoms with Crippen molar-refractivity contribution in [3.05, 3.63) is 59.2 Å². The minimum atomic E-state index is -1.44. The largest absolute Gasteiger partial charge is 0.494 e. The zero-order valence-corrected chi connectivity index (χ0v) is 26.8. The van der Waals surface area contributed by atoms with E-state index in [1.54, 1.807) is 18.2 Å². The van der Waals surface area contributed by atoms with Gasteiger partial charge in [0.05, 0.1) is 6.61 Å². The summed E-state index contributed by atoms with van der Waals surface area (Å²) in [7, 11) is 0. The van der Waals surface area contributed by atoms with E-state index >= 15 is 0 Å². The molecule has 0 spiro atoms. The molecule has 1 saturated heterocycles. The number of carbonyl (C=O) groups excluding carboxylic acids is 5. The fourth-order valence-electron chi connectivity index (χ4n) is 4.77. The second-order valence-corrected chi connectivity index (χ2v) is 10.5. The summed E-state index contributed by atoms with van der Waals surface area (Å²) < 4.78 is 45.1. The average molecular weight is 645 g/mol. The molecule has 0 amide bonds. The predicted molar refractivity (Wildman–Crippen MR) is 160 cm³/mol. The molecule has 0 radical (unpaired) electrons. The lowest BCUT2D eigenvalue weighted by atomic mass is 9.97. The maximum atomic E-state index is 12.3. The molecule has 0 N–H and O–H groups in total. The first kappa shape index (κ1) is 35.8. The lowest BCUT2D eigenvalue weighted by Gasteiger charge is -2.44. The van der Waals surface area contributed by atoms with E-state index in [-0.39, 0.29) is 12.4 Å². The zero-order valence-electron chi connectivity index (χ0n) is 26.8. The summed E-state index contributed by atoms with van der Waals surface area (Å²) in [6.07, 6.45) is -5.57. The first-order valence-corrected chi connectivity index (χ1v) is 14.8. The van der Waals surface area contributed by atoms with Crippen molar-refractivity contribution in [2.45, 2.75) is 91.7 Å². The number of hydrogen-bond donors (Lipinski definition) is 0. The van der Waals surface area contributed by atoms with Gasteiger partial charge < -0.3 is 37.9 Å². The van der Waals surface area contributed by atoms with Gasteiger partial charge in [0.15, 0.2) is 12.2 Å². The molecule has 0 saturated carbocycles. The Morgan fingerprint density at radius 2 is 1.33 bits per heavy atom. The topological polar surface area (TPSA) is 159 Å². The average Bonchev–Trinajstić information content (AvgIpc) is 2.98. The molecule has 0 aliphatic carbocycles. The van der Waals surface area contributed by atoms with E-state index in [0.717, 1.165) is 32.8 Å². The van der Waals surface area contributed by atoms with Gasteiger partial charge in [-0.1, -0.05) is 31.2 Å². The maximum Gasteiger partial charge on any atom is 0.303 e. The van der Waals surface area contributed by atoms with Gasteiger partial charge in [-0.25, -0.2) is 0 Å². The third kappa shape index (κ3) is 10.8. The second kappa shape index (κ2) is 17.2. The molecule has 13 nitrogen and oxygen atoms in total. The van der Waals surface area contributed by atoms with Gasteiger partial charge in [-0.2, -0.15) is 0 Å². The van der Waals surface area contributed by atoms with Gasteiger partial charge in [0.2, 0.25) is 12.4 Å². The van der Waals surface area contributed by atoms with E-state index in [2.05, 4.69) is 0 Å². The van der Waals surface area contributed by atoms with Crippen LogP contribution in [0, 0.1) is 0 Å². The Morgan fingerprint density at radius 1 is 0.717 bits per heavy atom. The van der Waals surface area contributed by atoms with Gasteiger partial charge in [-0.3, -0.25) is 24.0 Å². The van der Waals surface area contributed by atoms with Crippen molar-refractivity contribution in [3.63, 3.8) is 0 Å². The maximum absolute atomic E-state index is 12.3. The Kier molecular flexibility index (Phi) is 13.4. The van der Waals surface area contributed by atoms with Crippen LogP contribution in [-0.2, 0) is 65.4 Å². The third-order valence-electron chi connectivity index (χ3n) is 6.63. The molecule has 13 heteroatoms. The van der Waals surface area contributed by atoms with E-state index in [9.17, 15) is 24.0 Å². The predicted octanol–water partition coefficient (Wildman–Crippen LogP) is 3.59. The molecule has 1 unspecified atom stereocenters. The molecule has 2 aromatic carbocycles. The van der Waals surface area contributed by atoms with E-state index < -0.39 is 67.2 Å². The molecule has 0 bridgehead atoms. The number of rotatable bonds is 14. The highest BCUT2D eigenvalue weighted by Crippen LogP contribution is 2.34. The summed E-state index contributed by atoms with van der Waals surface area (Å²) in [5.74, 6) is -2.39. The molecular formula is C33H40O13. The molecular weight excluding hydrogens is 604 g/mol. The number of hydrogen-bond acceptors (Lipinski definition) is 13. The van der Waals surface area contributed by atoms with Crippen molar-refractivity contribution in [1.29, 1.82) is 0 Å².